The van der Waals surface area contributed by atoms with E-state index in [9.17, 15) is 24.0 Å². The monoisotopic (exact) mass is 417 g/mol. The molecule has 0 saturated carbocycles. The number of hydrogen-bond donors (Lipinski definition) is 2. The van der Waals surface area contributed by atoms with E-state index in [1.54, 1.807) is 38.1 Å². The van der Waals surface area contributed by atoms with Crippen LogP contribution in [0.5, 0.6) is 0 Å². The first-order chi connectivity index (χ1) is 14.0. The summed E-state index contributed by atoms with van der Waals surface area (Å²) in [6.45, 7) is 6.20. The molecule has 1 aliphatic heterocycles. The lowest BCUT2D eigenvalue weighted by atomic mass is 10.0. The number of Topliss-reactive ketones (excluding diaryl/α,β-unsaturated/α-hetero) is 1. The van der Waals surface area contributed by atoms with Gasteiger partial charge >= 0.3 is 12.0 Å². The number of imide groups is 1. The zero-order valence-electron chi connectivity index (χ0n) is 17.6. The number of benzene rings is 1. The van der Waals surface area contributed by atoms with Gasteiger partial charge in [-0.15, -0.1) is 0 Å². The van der Waals surface area contributed by atoms with Crippen molar-refractivity contribution in [1.82, 2.24) is 15.5 Å². The van der Waals surface area contributed by atoms with Gasteiger partial charge in [-0.1, -0.05) is 24.3 Å². The summed E-state index contributed by atoms with van der Waals surface area (Å²) in [6, 6.07) is 6.03. The van der Waals surface area contributed by atoms with Crippen molar-refractivity contribution in [2.24, 2.45) is 0 Å². The second kappa shape index (κ2) is 9.51. The molecule has 1 aromatic carbocycles. The molecule has 4 amide bonds. The summed E-state index contributed by atoms with van der Waals surface area (Å²) < 4.78 is 5.00. The van der Waals surface area contributed by atoms with Gasteiger partial charge in [0.15, 0.2) is 12.4 Å². The first-order valence-corrected chi connectivity index (χ1v) is 9.71. The Morgan fingerprint density at radius 1 is 1.17 bits per heavy atom. The molecule has 1 heterocycles. The predicted octanol–water partition coefficient (Wildman–Crippen LogP) is 1.72. The maximum atomic E-state index is 12.2. The van der Waals surface area contributed by atoms with Crippen molar-refractivity contribution in [3.05, 3.63) is 35.4 Å². The Morgan fingerprint density at radius 3 is 2.33 bits per heavy atom. The first-order valence-electron chi connectivity index (χ1n) is 9.71. The zero-order chi connectivity index (χ0) is 22.5. The van der Waals surface area contributed by atoms with Gasteiger partial charge in [-0.05, 0) is 32.8 Å². The molecule has 1 atom stereocenters. The number of nitrogens with one attached hydrogen (secondary N) is 2. The Kier molecular flexibility index (Phi) is 7.31. The Balaban J connectivity index is 1.75. The zero-order valence-corrected chi connectivity index (χ0v) is 17.6. The third-order valence-electron chi connectivity index (χ3n) is 4.72. The standard InChI is InChI=1S/C21H27N3O6/c1-13(22-14(2)25)15-7-9-16(10-8-15)17(26)12-30-18(27)6-5-11-24-19(28)21(3,4)23-20(24)29/h7-10,13H,5-6,11-12H2,1-4H3,(H,22,25)(H,23,29)/t13-/m0/s1. The number of urea groups is 1. The highest BCUT2D eigenvalue weighted by atomic mass is 16.5. The van der Waals surface area contributed by atoms with E-state index in [1.807, 2.05) is 6.92 Å². The fourth-order valence-corrected chi connectivity index (χ4v) is 3.05. The third kappa shape index (κ3) is 5.88. The van der Waals surface area contributed by atoms with Crippen LogP contribution in [0.1, 0.15) is 62.5 Å². The predicted molar refractivity (Wildman–Crippen MR) is 108 cm³/mol. The molecule has 0 bridgehead atoms. The normalized spacial score (nSPS) is 16.1. The van der Waals surface area contributed by atoms with Crippen LogP contribution in [0, 0.1) is 0 Å². The summed E-state index contributed by atoms with van der Waals surface area (Å²) in [6.07, 6.45) is 0.232. The van der Waals surface area contributed by atoms with Crippen LogP contribution in [0.25, 0.3) is 0 Å². The van der Waals surface area contributed by atoms with Gasteiger partial charge in [-0.25, -0.2) is 4.79 Å². The van der Waals surface area contributed by atoms with Crippen LogP contribution in [-0.2, 0) is 19.1 Å². The number of amides is 4. The molecule has 0 aliphatic carbocycles. The highest BCUT2D eigenvalue weighted by molar-refractivity contribution is 6.06. The van der Waals surface area contributed by atoms with Crippen LogP contribution in [0.2, 0.25) is 0 Å². The summed E-state index contributed by atoms with van der Waals surface area (Å²) in [5, 5.41) is 5.32. The highest BCUT2D eigenvalue weighted by Gasteiger charge is 2.43. The molecule has 9 nitrogen and oxygen atoms in total. The molecular formula is C21H27N3O6. The lowest BCUT2D eigenvalue weighted by Gasteiger charge is -2.15. The van der Waals surface area contributed by atoms with Crippen molar-refractivity contribution in [1.29, 1.82) is 0 Å². The first kappa shape index (κ1) is 23.1. The summed E-state index contributed by atoms with van der Waals surface area (Å²) in [4.78, 5) is 60.1. The number of carbonyl (C=O) groups excluding carboxylic acids is 5. The molecule has 2 rings (SSSR count). The lowest BCUT2D eigenvalue weighted by Crippen LogP contribution is -2.40. The largest absolute Gasteiger partial charge is 0.457 e. The maximum Gasteiger partial charge on any atom is 0.325 e. The Bertz CT molecular complexity index is 847. The average molecular weight is 417 g/mol. The van der Waals surface area contributed by atoms with Gasteiger partial charge in [-0.2, -0.15) is 0 Å². The molecule has 0 spiro atoms. The second-order valence-electron chi connectivity index (χ2n) is 7.74. The van der Waals surface area contributed by atoms with E-state index in [-0.39, 0.29) is 43.0 Å². The number of rotatable bonds is 9. The minimum Gasteiger partial charge on any atom is -0.457 e. The molecule has 1 aromatic rings. The topological polar surface area (TPSA) is 122 Å². The fraction of sp³-hybridized carbons (Fsp3) is 0.476. The molecule has 0 aromatic heterocycles. The van der Waals surface area contributed by atoms with E-state index in [4.69, 9.17) is 4.74 Å². The highest BCUT2D eigenvalue weighted by Crippen LogP contribution is 2.17. The third-order valence-corrected chi connectivity index (χ3v) is 4.72. The number of esters is 1. The van der Waals surface area contributed by atoms with Gasteiger partial charge in [-0.3, -0.25) is 24.1 Å². The quantitative estimate of drug-likeness (QED) is 0.358. The molecule has 1 saturated heterocycles. The van der Waals surface area contributed by atoms with E-state index in [0.717, 1.165) is 10.5 Å². The molecule has 162 valence electrons. The Morgan fingerprint density at radius 2 is 1.80 bits per heavy atom. The van der Waals surface area contributed by atoms with Crippen molar-refractivity contribution in [2.45, 2.75) is 52.1 Å². The van der Waals surface area contributed by atoms with Gasteiger partial charge in [0.25, 0.3) is 5.91 Å². The van der Waals surface area contributed by atoms with Crippen LogP contribution >= 0.6 is 0 Å². The fourth-order valence-electron chi connectivity index (χ4n) is 3.05. The molecule has 1 fully saturated rings. The van der Waals surface area contributed by atoms with Crippen LogP contribution in [0.4, 0.5) is 4.79 Å². The molecule has 2 N–H and O–H groups in total. The van der Waals surface area contributed by atoms with Gasteiger partial charge in [0.1, 0.15) is 5.54 Å². The molecule has 0 radical (unpaired) electrons. The van der Waals surface area contributed by atoms with Gasteiger partial charge in [0.2, 0.25) is 5.91 Å². The van der Waals surface area contributed by atoms with Crippen molar-refractivity contribution in [3.63, 3.8) is 0 Å². The summed E-state index contributed by atoms with van der Waals surface area (Å²) >= 11 is 0. The molecular weight excluding hydrogens is 390 g/mol. The van der Waals surface area contributed by atoms with E-state index in [0.29, 0.717) is 5.56 Å². The van der Waals surface area contributed by atoms with Gasteiger partial charge < -0.3 is 15.4 Å². The number of hydrogen-bond acceptors (Lipinski definition) is 6. The number of carbonyl (C=O) groups is 5. The molecule has 1 aliphatic rings. The van der Waals surface area contributed by atoms with Crippen LogP contribution in [0.15, 0.2) is 24.3 Å². The summed E-state index contributed by atoms with van der Waals surface area (Å²) in [5.41, 5.74) is 0.296. The SMILES string of the molecule is CC(=O)N[C@@H](C)c1ccc(C(=O)COC(=O)CCCN2C(=O)NC(C)(C)C2=O)cc1. The van der Waals surface area contributed by atoms with Crippen LogP contribution < -0.4 is 10.6 Å². The number of nitrogens with zero attached hydrogens (tertiary/aromatic N) is 1. The van der Waals surface area contributed by atoms with Gasteiger partial charge in [0, 0.05) is 25.5 Å². The molecule has 30 heavy (non-hydrogen) atoms. The average Bonchev–Trinajstić information content (AvgIpc) is 2.87. The van der Waals surface area contributed by atoms with E-state index >= 15 is 0 Å². The minimum atomic E-state index is -0.945. The van der Waals surface area contributed by atoms with Crippen molar-refractivity contribution in [3.8, 4) is 0 Å². The maximum absolute atomic E-state index is 12.2. The summed E-state index contributed by atoms with van der Waals surface area (Å²) in [7, 11) is 0. The van der Waals surface area contributed by atoms with Crippen LogP contribution in [-0.4, -0.2) is 53.2 Å². The second-order valence-corrected chi connectivity index (χ2v) is 7.74. The Hall–Kier alpha value is -3.23. The molecule has 0 unspecified atom stereocenters. The number of ether oxygens (including phenoxy) is 1. The smallest absolute Gasteiger partial charge is 0.325 e. The number of ketones is 1. The van der Waals surface area contributed by atoms with E-state index in [1.165, 1.54) is 6.92 Å². The van der Waals surface area contributed by atoms with Gasteiger partial charge in [0.05, 0.1) is 6.04 Å². The van der Waals surface area contributed by atoms with E-state index in [2.05, 4.69) is 10.6 Å². The van der Waals surface area contributed by atoms with E-state index < -0.39 is 24.1 Å². The van der Waals surface area contributed by atoms with Crippen molar-refractivity contribution >= 4 is 29.6 Å². The molecule has 9 heteroatoms. The Labute approximate surface area is 175 Å². The van der Waals surface area contributed by atoms with Crippen molar-refractivity contribution in [2.75, 3.05) is 13.2 Å². The van der Waals surface area contributed by atoms with Crippen molar-refractivity contribution < 1.29 is 28.7 Å². The minimum absolute atomic E-state index is 0.0159. The van der Waals surface area contributed by atoms with Crippen LogP contribution in [0.3, 0.4) is 0 Å². The summed E-state index contributed by atoms with van der Waals surface area (Å²) in [5.74, 6) is -1.41. The lowest BCUT2D eigenvalue weighted by molar-refractivity contribution is -0.143.